The maximum Gasteiger partial charge on any atom is 0.326 e. The number of carboxylic acids is 2. The molecule has 3 amide bonds. The summed E-state index contributed by atoms with van der Waals surface area (Å²) in [5, 5.41) is 27.0. The van der Waals surface area contributed by atoms with Crippen LogP contribution in [0.25, 0.3) is 10.9 Å². The molecule has 1 heterocycles. The molecule has 1 aromatic carbocycles. The van der Waals surface area contributed by atoms with E-state index in [1.165, 1.54) is 0 Å². The fraction of sp³-hybridized carbons (Fsp3) is 0.480. The van der Waals surface area contributed by atoms with E-state index in [9.17, 15) is 29.1 Å². The number of nitrogens with two attached hydrogens (primary N) is 1. The first-order chi connectivity index (χ1) is 17.3. The SMILES string of the molecule is CC(C)C(NC(=O)C(N)CC(=O)O)C(=O)NC(C(=O)NC(Cc1c[nH]c2ccccc12)C(=O)O)C(C)C. The average Bonchev–Trinajstić information content (AvgIpc) is 3.21. The molecule has 4 atom stereocenters. The summed E-state index contributed by atoms with van der Waals surface area (Å²) in [6.07, 6.45) is 1.11. The highest BCUT2D eigenvalue weighted by molar-refractivity contribution is 5.95. The summed E-state index contributed by atoms with van der Waals surface area (Å²) in [5.41, 5.74) is 7.15. The van der Waals surface area contributed by atoms with Crippen molar-refractivity contribution in [1.82, 2.24) is 20.9 Å². The van der Waals surface area contributed by atoms with Crippen LogP contribution < -0.4 is 21.7 Å². The molecule has 2 aromatic rings. The summed E-state index contributed by atoms with van der Waals surface area (Å²) in [6, 6.07) is 2.60. The Labute approximate surface area is 214 Å². The van der Waals surface area contributed by atoms with Gasteiger partial charge in [-0.2, -0.15) is 0 Å². The minimum absolute atomic E-state index is 0.0238. The number of fused-ring (bicyclic) bond motifs is 1. The topological polar surface area (TPSA) is 204 Å². The molecule has 37 heavy (non-hydrogen) atoms. The normalized spacial score (nSPS) is 14.6. The van der Waals surface area contributed by atoms with Gasteiger partial charge in [0.15, 0.2) is 0 Å². The summed E-state index contributed by atoms with van der Waals surface area (Å²) >= 11 is 0. The third-order valence-corrected chi connectivity index (χ3v) is 5.94. The van der Waals surface area contributed by atoms with Crippen LogP contribution in [-0.4, -0.2) is 69.0 Å². The predicted octanol–water partition coefficient (Wildman–Crippen LogP) is 0.363. The lowest BCUT2D eigenvalue weighted by Crippen LogP contribution is -2.59. The molecule has 8 N–H and O–H groups in total. The van der Waals surface area contributed by atoms with Crippen LogP contribution >= 0.6 is 0 Å². The number of carbonyl (C=O) groups is 5. The van der Waals surface area contributed by atoms with E-state index in [4.69, 9.17) is 10.8 Å². The zero-order valence-corrected chi connectivity index (χ0v) is 21.3. The number of H-pyrrole nitrogens is 1. The highest BCUT2D eigenvalue weighted by Crippen LogP contribution is 2.19. The van der Waals surface area contributed by atoms with Crippen molar-refractivity contribution in [2.45, 2.75) is 64.7 Å². The zero-order valence-electron chi connectivity index (χ0n) is 21.3. The molecule has 0 radical (unpaired) electrons. The number of nitrogens with one attached hydrogen (secondary N) is 4. The fourth-order valence-electron chi connectivity index (χ4n) is 3.84. The van der Waals surface area contributed by atoms with Gasteiger partial charge < -0.3 is 36.9 Å². The Morgan fingerprint density at radius 3 is 1.95 bits per heavy atom. The van der Waals surface area contributed by atoms with E-state index in [0.717, 1.165) is 10.9 Å². The second-order valence-corrected chi connectivity index (χ2v) is 9.63. The van der Waals surface area contributed by atoms with Gasteiger partial charge in [-0.15, -0.1) is 0 Å². The highest BCUT2D eigenvalue weighted by atomic mass is 16.4. The van der Waals surface area contributed by atoms with Crippen molar-refractivity contribution in [2.75, 3.05) is 0 Å². The molecule has 0 aliphatic rings. The maximum absolute atomic E-state index is 13.1. The van der Waals surface area contributed by atoms with Gasteiger partial charge in [0, 0.05) is 23.5 Å². The first-order valence-electron chi connectivity index (χ1n) is 12.0. The molecule has 0 saturated carbocycles. The summed E-state index contributed by atoms with van der Waals surface area (Å²) < 4.78 is 0. The molecule has 0 bridgehead atoms. The van der Waals surface area contributed by atoms with Crippen LogP contribution in [0.4, 0.5) is 0 Å². The molecule has 0 saturated heterocycles. The van der Waals surface area contributed by atoms with E-state index in [2.05, 4.69) is 20.9 Å². The van der Waals surface area contributed by atoms with Gasteiger partial charge in [0.25, 0.3) is 0 Å². The van der Waals surface area contributed by atoms with Gasteiger partial charge >= 0.3 is 11.9 Å². The number of amides is 3. The summed E-state index contributed by atoms with van der Waals surface area (Å²) in [7, 11) is 0. The summed E-state index contributed by atoms with van der Waals surface area (Å²) in [6.45, 7) is 6.70. The minimum Gasteiger partial charge on any atom is -0.481 e. The molecule has 202 valence electrons. The number of para-hydroxylation sites is 1. The second kappa shape index (κ2) is 12.9. The number of aromatic amines is 1. The van der Waals surface area contributed by atoms with E-state index in [-0.39, 0.29) is 6.42 Å². The van der Waals surface area contributed by atoms with E-state index < -0.39 is 72.1 Å². The van der Waals surface area contributed by atoms with Gasteiger partial charge in [-0.25, -0.2) is 4.79 Å². The monoisotopic (exact) mass is 517 g/mol. The molecular formula is C25H35N5O7. The molecule has 2 rings (SSSR count). The number of rotatable bonds is 13. The van der Waals surface area contributed by atoms with Crippen LogP contribution in [0.2, 0.25) is 0 Å². The van der Waals surface area contributed by atoms with Crippen molar-refractivity contribution in [3.05, 3.63) is 36.0 Å². The van der Waals surface area contributed by atoms with Crippen molar-refractivity contribution >= 4 is 40.6 Å². The van der Waals surface area contributed by atoms with Crippen LogP contribution in [0.5, 0.6) is 0 Å². The van der Waals surface area contributed by atoms with Crippen molar-refractivity contribution in [3.8, 4) is 0 Å². The van der Waals surface area contributed by atoms with Gasteiger partial charge in [0.2, 0.25) is 17.7 Å². The molecule has 0 spiro atoms. The minimum atomic E-state index is -1.35. The number of hydrogen-bond acceptors (Lipinski definition) is 6. The Morgan fingerprint density at radius 1 is 0.865 bits per heavy atom. The van der Waals surface area contributed by atoms with Gasteiger partial charge in [0.1, 0.15) is 18.1 Å². The second-order valence-electron chi connectivity index (χ2n) is 9.63. The number of aromatic nitrogens is 1. The van der Waals surface area contributed by atoms with Gasteiger partial charge in [-0.3, -0.25) is 19.2 Å². The maximum atomic E-state index is 13.1. The molecule has 0 aliphatic carbocycles. The van der Waals surface area contributed by atoms with Crippen molar-refractivity contribution in [1.29, 1.82) is 0 Å². The first kappa shape index (κ1) is 29.3. The lowest BCUT2D eigenvalue weighted by molar-refractivity contribution is -0.142. The molecule has 0 aliphatic heterocycles. The third-order valence-electron chi connectivity index (χ3n) is 5.94. The van der Waals surface area contributed by atoms with Crippen molar-refractivity contribution < 1.29 is 34.2 Å². The Morgan fingerprint density at radius 2 is 1.41 bits per heavy atom. The number of carbonyl (C=O) groups excluding carboxylic acids is 3. The highest BCUT2D eigenvalue weighted by Gasteiger charge is 2.33. The summed E-state index contributed by atoms with van der Waals surface area (Å²) in [5.74, 6) is -5.49. The van der Waals surface area contributed by atoms with Crippen LogP contribution in [0, 0.1) is 11.8 Å². The molecule has 0 fully saturated rings. The number of carboxylic acid groups (broad SMARTS) is 2. The van der Waals surface area contributed by atoms with Crippen LogP contribution in [0.3, 0.4) is 0 Å². The van der Waals surface area contributed by atoms with Gasteiger partial charge in [-0.1, -0.05) is 45.9 Å². The van der Waals surface area contributed by atoms with Gasteiger partial charge in [0.05, 0.1) is 12.5 Å². The molecular weight excluding hydrogens is 482 g/mol. The molecule has 4 unspecified atom stereocenters. The smallest absolute Gasteiger partial charge is 0.326 e. The molecule has 12 nitrogen and oxygen atoms in total. The largest absolute Gasteiger partial charge is 0.481 e. The van der Waals surface area contributed by atoms with E-state index in [0.29, 0.717) is 5.56 Å². The number of aliphatic carboxylic acids is 2. The lowest BCUT2D eigenvalue weighted by atomic mass is 9.98. The van der Waals surface area contributed by atoms with E-state index in [1.54, 1.807) is 33.9 Å². The Kier molecular flexibility index (Phi) is 10.2. The molecule has 1 aromatic heterocycles. The zero-order chi connectivity index (χ0) is 27.9. The Balaban J connectivity index is 2.14. The number of hydrogen-bond donors (Lipinski definition) is 7. The quantitative estimate of drug-likeness (QED) is 0.197. The molecule has 12 heteroatoms. The fourth-order valence-corrected chi connectivity index (χ4v) is 3.84. The van der Waals surface area contributed by atoms with Crippen molar-refractivity contribution in [2.24, 2.45) is 17.6 Å². The predicted molar refractivity (Wildman–Crippen MR) is 135 cm³/mol. The average molecular weight is 518 g/mol. The van der Waals surface area contributed by atoms with Crippen molar-refractivity contribution in [3.63, 3.8) is 0 Å². The standard InChI is InChI=1S/C25H35N5O7/c1-12(2)20(30-24(35)21(13(3)4)29-22(33)16(26)10-19(31)32)23(34)28-18(25(36)37)9-14-11-27-17-8-6-5-7-15(14)17/h5-8,11-13,16,18,20-21,27H,9-10,26H2,1-4H3,(H,28,34)(H,29,33)(H,30,35)(H,31,32)(H,36,37). The number of benzene rings is 1. The van der Waals surface area contributed by atoms with E-state index >= 15 is 0 Å². The van der Waals surface area contributed by atoms with Crippen LogP contribution in [0.1, 0.15) is 39.7 Å². The Bertz CT molecular complexity index is 1140. The lowest BCUT2D eigenvalue weighted by Gasteiger charge is -2.28. The van der Waals surface area contributed by atoms with Crippen LogP contribution in [-0.2, 0) is 30.4 Å². The van der Waals surface area contributed by atoms with E-state index in [1.807, 2.05) is 24.3 Å². The Hall–Kier alpha value is -3.93. The first-order valence-corrected chi connectivity index (χ1v) is 12.0. The summed E-state index contributed by atoms with van der Waals surface area (Å²) in [4.78, 5) is 64.3. The van der Waals surface area contributed by atoms with Gasteiger partial charge in [-0.05, 0) is 23.5 Å². The van der Waals surface area contributed by atoms with Crippen LogP contribution in [0.15, 0.2) is 30.5 Å². The third kappa shape index (κ3) is 8.04.